The quantitative estimate of drug-likeness (QED) is 0.374. The van der Waals surface area contributed by atoms with Crippen molar-refractivity contribution >= 4 is 23.4 Å². The third-order valence-corrected chi connectivity index (χ3v) is 11.1. The zero-order valence-corrected chi connectivity index (χ0v) is 24.2. The Morgan fingerprint density at radius 3 is 2.55 bits per heavy atom. The summed E-state index contributed by atoms with van der Waals surface area (Å²) in [5.41, 5.74) is 3.59. The predicted octanol–water partition coefficient (Wildman–Crippen LogP) is 5.90. The van der Waals surface area contributed by atoms with E-state index in [1.807, 2.05) is 30.3 Å². The molecule has 40 heavy (non-hydrogen) atoms. The summed E-state index contributed by atoms with van der Waals surface area (Å²) in [5, 5.41) is 16.4. The van der Waals surface area contributed by atoms with Gasteiger partial charge in [-0.05, 0) is 98.5 Å². The highest BCUT2D eigenvalue weighted by atomic mass is 16.6. The number of carboxylic acid groups (broad SMARTS) is 1. The molecule has 0 spiro atoms. The van der Waals surface area contributed by atoms with Crippen LogP contribution in [0.15, 0.2) is 47.1 Å². The fourth-order valence-corrected chi connectivity index (χ4v) is 9.02. The number of fused-ring (bicyclic) bond motifs is 5. The lowest BCUT2D eigenvalue weighted by molar-refractivity contribution is -0.137. The van der Waals surface area contributed by atoms with Gasteiger partial charge < -0.3 is 15.3 Å². The average molecular weight is 549 g/mol. The first-order chi connectivity index (χ1) is 19.1. The third kappa shape index (κ3) is 5.48. The van der Waals surface area contributed by atoms with Crippen LogP contribution in [0.3, 0.4) is 0 Å². The van der Waals surface area contributed by atoms with Gasteiger partial charge >= 0.3 is 5.97 Å². The van der Waals surface area contributed by atoms with Gasteiger partial charge in [0, 0.05) is 18.4 Å². The summed E-state index contributed by atoms with van der Waals surface area (Å²) < 4.78 is 0. The highest BCUT2D eigenvalue weighted by Gasteiger charge is 2.59. The molecule has 7 heteroatoms. The first-order valence-electron chi connectivity index (χ1n) is 15.1. The average Bonchev–Trinajstić information content (AvgIpc) is 3.29. The molecule has 0 bridgehead atoms. The van der Waals surface area contributed by atoms with Gasteiger partial charge in [-0.1, -0.05) is 54.9 Å². The number of ketones is 1. The zero-order valence-electron chi connectivity index (χ0n) is 24.2. The first-order valence-corrected chi connectivity index (χ1v) is 15.1. The van der Waals surface area contributed by atoms with Gasteiger partial charge in [0.1, 0.15) is 5.78 Å². The molecule has 5 rings (SSSR count). The summed E-state index contributed by atoms with van der Waals surface area (Å²) in [6, 6.07) is 9.37. The molecular weight excluding hydrogens is 504 g/mol. The maximum absolute atomic E-state index is 12.4. The van der Waals surface area contributed by atoms with E-state index in [0.29, 0.717) is 23.5 Å². The SMILES string of the molecule is CC(=O)[C@H]1CC[C@H]2[C@@H]3CCC4=C/C(=N/OCC(=O)NC[C@@H](CC(=O)O)c5ccccc5)CC[C@]4(C)[C@H]3CC[C@]12C. The normalized spacial score (nSPS) is 34.6. The Kier molecular flexibility index (Phi) is 8.21. The fraction of sp³-hybridized carbons (Fsp3) is 0.636. The van der Waals surface area contributed by atoms with Crippen LogP contribution in [-0.4, -0.2) is 41.6 Å². The Hall–Kier alpha value is -2.96. The molecule has 3 fully saturated rings. The number of benzene rings is 1. The molecule has 7 nitrogen and oxygen atoms in total. The van der Waals surface area contributed by atoms with Gasteiger partial charge in [-0.2, -0.15) is 0 Å². The summed E-state index contributed by atoms with van der Waals surface area (Å²) >= 11 is 0. The van der Waals surface area contributed by atoms with Crippen LogP contribution in [0.2, 0.25) is 0 Å². The van der Waals surface area contributed by atoms with E-state index in [-0.39, 0.29) is 48.1 Å². The van der Waals surface area contributed by atoms with Gasteiger partial charge in [0.15, 0.2) is 6.61 Å². The van der Waals surface area contributed by atoms with Crippen LogP contribution in [0.25, 0.3) is 0 Å². The first kappa shape index (κ1) is 28.6. The van der Waals surface area contributed by atoms with Crippen molar-refractivity contribution in [2.24, 2.45) is 39.7 Å². The molecule has 7 atom stereocenters. The van der Waals surface area contributed by atoms with Crippen LogP contribution >= 0.6 is 0 Å². The minimum absolute atomic E-state index is 0.0566. The minimum atomic E-state index is -0.900. The lowest BCUT2D eigenvalue weighted by Gasteiger charge is -2.58. The van der Waals surface area contributed by atoms with Gasteiger partial charge in [0.05, 0.1) is 12.1 Å². The number of oxime groups is 1. The molecule has 1 aromatic rings. The van der Waals surface area contributed by atoms with E-state index in [0.717, 1.165) is 43.4 Å². The van der Waals surface area contributed by atoms with Gasteiger partial charge in [-0.3, -0.25) is 14.4 Å². The van der Waals surface area contributed by atoms with Crippen molar-refractivity contribution in [1.29, 1.82) is 0 Å². The molecule has 1 amide bonds. The molecular formula is C33H44N2O5. The number of allylic oxidation sites excluding steroid dienone is 2. The second-order valence-electron chi connectivity index (χ2n) is 13.2. The lowest BCUT2D eigenvalue weighted by Crippen LogP contribution is -2.51. The monoisotopic (exact) mass is 548 g/mol. The summed E-state index contributed by atoms with van der Waals surface area (Å²) in [6.45, 7) is 6.67. The van der Waals surface area contributed by atoms with Gasteiger partial charge in [-0.25, -0.2) is 0 Å². The number of aliphatic carboxylic acids is 1. The number of Topliss-reactive ketones (excluding diaryl/α,β-unsaturated/α-hetero) is 1. The van der Waals surface area contributed by atoms with Crippen molar-refractivity contribution in [3.05, 3.63) is 47.5 Å². The summed E-state index contributed by atoms with van der Waals surface area (Å²) in [4.78, 5) is 41.6. The predicted molar refractivity (Wildman–Crippen MR) is 154 cm³/mol. The van der Waals surface area contributed by atoms with Crippen molar-refractivity contribution < 1.29 is 24.3 Å². The number of carbonyl (C=O) groups is 3. The Labute approximate surface area is 237 Å². The van der Waals surface area contributed by atoms with Crippen molar-refractivity contribution in [2.45, 2.75) is 84.5 Å². The van der Waals surface area contributed by atoms with Gasteiger partial charge in [-0.15, -0.1) is 0 Å². The minimum Gasteiger partial charge on any atom is -0.481 e. The number of amides is 1. The number of hydrogen-bond donors (Lipinski definition) is 2. The second kappa shape index (κ2) is 11.5. The summed E-state index contributed by atoms with van der Waals surface area (Å²) in [6.07, 6.45) is 10.9. The van der Waals surface area contributed by atoms with Crippen molar-refractivity contribution in [2.75, 3.05) is 13.2 Å². The van der Waals surface area contributed by atoms with Crippen LogP contribution in [0.1, 0.15) is 90.0 Å². The summed E-state index contributed by atoms with van der Waals surface area (Å²) in [7, 11) is 0. The Bertz CT molecular complexity index is 1190. The van der Waals surface area contributed by atoms with Gasteiger partial charge in [0.2, 0.25) is 0 Å². The van der Waals surface area contributed by atoms with Crippen LogP contribution in [-0.2, 0) is 19.2 Å². The molecule has 0 heterocycles. The number of carbonyl (C=O) groups excluding carboxylic acids is 2. The highest BCUT2D eigenvalue weighted by molar-refractivity contribution is 5.96. The smallest absolute Gasteiger partial charge is 0.304 e. The molecule has 0 unspecified atom stereocenters. The molecule has 0 aliphatic heterocycles. The van der Waals surface area contributed by atoms with Crippen LogP contribution < -0.4 is 5.32 Å². The maximum Gasteiger partial charge on any atom is 0.304 e. The maximum atomic E-state index is 12.4. The molecule has 2 N–H and O–H groups in total. The standard InChI is InChI=1S/C33H44N2O5/c1-21(36)27-11-12-28-26-10-9-24-18-25(13-15-32(24,2)29(26)14-16-33(27,28)3)35-40-20-30(37)34-19-23(17-31(38)39)22-7-5-4-6-8-22/h4-8,18,23,26-29H,9-17,19-20H2,1-3H3,(H,34,37)(H,38,39)/b35-25+/t23-,26+,27-,28+,29+,32+,33-/m1/s1. The van der Waals surface area contributed by atoms with E-state index in [2.05, 4.69) is 30.4 Å². The molecule has 4 aliphatic carbocycles. The Balaban J connectivity index is 1.17. The van der Waals surface area contributed by atoms with E-state index < -0.39 is 5.97 Å². The molecule has 3 saturated carbocycles. The van der Waals surface area contributed by atoms with E-state index >= 15 is 0 Å². The number of rotatable bonds is 9. The third-order valence-electron chi connectivity index (χ3n) is 11.1. The number of nitrogens with one attached hydrogen (secondary N) is 1. The molecule has 0 saturated heterocycles. The van der Waals surface area contributed by atoms with Crippen LogP contribution in [0.4, 0.5) is 0 Å². The molecule has 0 aromatic heterocycles. The number of nitrogens with zero attached hydrogens (tertiary/aromatic N) is 1. The largest absolute Gasteiger partial charge is 0.481 e. The van der Waals surface area contributed by atoms with Gasteiger partial charge in [0.25, 0.3) is 5.91 Å². The van der Waals surface area contributed by atoms with E-state index in [4.69, 9.17) is 4.84 Å². The van der Waals surface area contributed by atoms with Crippen molar-refractivity contribution in [3.63, 3.8) is 0 Å². The van der Waals surface area contributed by atoms with E-state index in [9.17, 15) is 19.5 Å². The molecule has 0 radical (unpaired) electrons. The number of carboxylic acids is 1. The molecule has 216 valence electrons. The van der Waals surface area contributed by atoms with E-state index in [1.54, 1.807) is 6.92 Å². The van der Waals surface area contributed by atoms with Crippen molar-refractivity contribution in [3.8, 4) is 0 Å². The van der Waals surface area contributed by atoms with Crippen molar-refractivity contribution in [1.82, 2.24) is 5.32 Å². The fourth-order valence-electron chi connectivity index (χ4n) is 9.02. The molecule has 1 aromatic carbocycles. The van der Waals surface area contributed by atoms with Crippen LogP contribution in [0, 0.1) is 34.5 Å². The zero-order chi connectivity index (χ0) is 28.5. The summed E-state index contributed by atoms with van der Waals surface area (Å²) in [5.74, 6) is 1.13. The number of hydrogen-bond acceptors (Lipinski definition) is 5. The van der Waals surface area contributed by atoms with E-state index in [1.165, 1.54) is 24.8 Å². The topological polar surface area (TPSA) is 105 Å². The highest BCUT2D eigenvalue weighted by Crippen LogP contribution is 2.66. The Morgan fingerprint density at radius 1 is 1.05 bits per heavy atom. The lowest BCUT2D eigenvalue weighted by atomic mass is 9.46. The molecule has 4 aliphatic rings. The Morgan fingerprint density at radius 2 is 1.82 bits per heavy atom. The second-order valence-corrected chi connectivity index (χ2v) is 13.2. The van der Waals surface area contributed by atoms with Crippen LogP contribution in [0.5, 0.6) is 0 Å².